The van der Waals surface area contributed by atoms with Crippen molar-refractivity contribution in [3.63, 3.8) is 0 Å². The molecule has 19 heavy (non-hydrogen) atoms. The minimum absolute atomic E-state index is 0.237. The number of carbonyl (C=O) groups excluding carboxylic acids is 1. The molecule has 0 saturated carbocycles. The van der Waals surface area contributed by atoms with Gasteiger partial charge in [0.1, 0.15) is 6.29 Å². The van der Waals surface area contributed by atoms with Gasteiger partial charge in [0.25, 0.3) is 0 Å². The summed E-state index contributed by atoms with van der Waals surface area (Å²) in [6.45, 7) is 2.49. The lowest BCUT2D eigenvalue weighted by Gasteiger charge is -2.23. The summed E-state index contributed by atoms with van der Waals surface area (Å²) in [5, 5.41) is 16.8. The largest absolute Gasteiger partial charge is 0.500 e. The van der Waals surface area contributed by atoms with Crippen molar-refractivity contribution in [2.24, 2.45) is 5.92 Å². The van der Waals surface area contributed by atoms with Gasteiger partial charge >= 0.3 is 8.80 Å². The van der Waals surface area contributed by atoms with Crippen LogP contribution in [0.15, 0.2) is 0 Å². The molecule has 0 aliphatic carbocycles. The van der Waals surface area contributed by atoms with Crippen LogP contribution in [0.1, 0.15) is 26.2 Å². The number of hydrogen-bond donors (Lipinski definition) is 2. The van der Waals surface area contributed by atoms with E-state index >= 15 is 0 Å². The smallest absolute Gasteiger partial charge is 0.396 e. The Labute approximate surface area is 117 Å². The number of rotatable bonds is 10. The monoisotopic (exact) mass is 296 g/mol. The molecule has 0 radical (unpaired) electrons. The molecule has 0 atom stereocenters. The van der Waals surface area contributed by atoms with Gasteiger partial charge in [-0.2, -0.15) is 0 Å². The highest BCUT2D eigenvalue weighted by molar-refractivity contribution is 6.60. The second-order valence-corrected chi connectivity index (χ2v) is 7.22. The lowest BCUT2D eigenvalue weighted by molar-refractivity contribution is -0.107. The van der Waals surface area contributed by atoms with E-state index in [0.717, 1.165) is 19.1 Å². The highest BCUT2D eigenvalue weighted by Gasteiger charge is 2.36. The van der Waals surface area contributed by atoms with Crippen molar-refractivity contribution >= 4 is 15.1 Å². The van der Waals surface area contributed by atoms with Crippen LogP contribution in [0.4, 0.5) is 0 Å². The molecular formula is C12H28O6Si. The van der Waals surface area contributed by atoms with Crippen molar-refractivity contribution in [3.05, 3.63) is 0 Å². The molecule has 0 unspecified atom stereocenters. The number of aliphatic hydroxyl groups excluding tert-OH is 2. The Morgan fingerprint density at radius 3 is 1.74 bits per heavy atom. The fraction of sp³-hybridized carbons (Fsp3) is 0.917. The standard InChI is InChI=1S/C6H14O4Si.C6H14O2/c1-8-11(9-2,10-3)6-4-5-7;1-6(2-4-7)3-5-8/h5H,4,6H2,1-3H3;6-8H,2-5H2,1H3. The first-order chi connectivity index (χ1) is 9.05. The number of aldehydes is 1. The SMILES string of the molecule is CC(CCO)CCO.CO[Si](CCC=O)(OC)OC. The molecule has 0 heterocycles. The van der Waals surface area contributed by atoms with Crippen LogP contribution < -0.4 is 0 Å². The number of carbonyl (C=O) groups is 1. The minimum atomic E-state index is -2.47. The summed E-state index contributed by atoms with van der Waals surface area (Å²) in [7, 11) is 2.13. The van der Waals surface area contributed by atoms with Crippen LogP contribution in [-0.4, -0.2) is 59.8 Å². The third-order valence-corrected chi connectivity index (χ3v) is 5.51. The van der Waals surface area contributed by atoms with E-state index in [2.05, 4.69) is 0 Å². The van der Waals surface area contributed by atoms with E-state index in [1.54, 1.807) is 0 Å². The van der Waals surface area contributed by atoms with Crippen LogP contribution in [0.3, 0.4) is 0 Å². The van der Waals surface area contributed by atoms with Crippen molar-refractivity contribution in [2.45, 2.75) is 32.2 Å². The molecule has 0 aliphatic rings. The molecule has 0 aromatic rings. The van der Waals surface area contributed by atoms with Gasteiger partial charge in [-0.25, -0.2) is 0 Å². The van der Waals surface area contributed by atoms with Crippen molar-refractivity contribution < 1.29 is 28.3 Å². The van der Waals surface area contributed by atoms with E-state index in [0.29, 0.717) is 18.4 Å². The third kappa shape index (κ3) is 11.2. The van der Waals surface area contributed by atoms with Crippen LogP contribution in [-0.2, 0) is 18.1 Å². The fourth-order valence-corrected chi connectivity index (χ4v) is 2.96. The summed E-state index contributed by atoms with van der Waals surface area (Å²) >= 11 is 0. The molecule has 2 N–H and O–H groups in total. The maximum absolute atomic E-state index is 10.1. The summed E-state index contributed by atoms with van der Waals surface area (Å²) in [5.74, 6) is 0.463. The topological polar surface area (TPSA) is 85.2 Å². The molecule has 0 spiro atoms. The molecular weight excluding hydrogens is 268 g/mol. The van der Waals surface area contributed by atoms with E-state index in [1.807, 2.05) is 6.92 Å². The van der Waals surface area contributed by atoms with Gasteiger partial charge in [-0.15, -0.1) is 0 Å². The average Bonchev–Trinajstić information content (AvgIpc) is 2.42. The van der Waals surface area contributed by atoms with E-state index in [9.17, 15) is 4.79 Å². The van der Waals surface area contributed by atoms with Crippen LogP contribution in [0.25, 0.3) is 0 Å². The third-order valence-electron chi connectivity index (χ3n) is 2.75. The first-order valence-corrected chi connectivity index (χ1v) is 8.29. The average molecular weight is 296 g/mol. The zero-order valence-corrected chi connectivity index (χ0v) is 13.4. The molecule has 0 bridgehead atoms. The quantitative estimate of drug-likeness (QED) is 0.459. The molecule has 116 valence electrons. The van der Waals surface area contributed by atoms with E-state index in [-0.39, 0.29) is 13.2 Å². The Balaban J connectivity index is 0. The van der Waals surface area contributed by atoms with Crippen LogP contribution in [0.2, 0.25) is 6.04 Å². The predicted molar refractivity (Wildman–Crippen MR) is 74.8 cm³/mol. The highest BCUT2D eigenvalue weighted by Crippen LogP contribution is 2.13. The van der Waals surface area contributed by atoms with E-state index in [4.69, 9.17) is 23.5 Å². The molecule has 0 saturated heterocycles. The Bertz CT molecular complexity index is 184. The highest BCUT2D eigenvalue weighted by atomic mass is 28.4. The van der Waals surface area contributed by atoms with Crippen molar-refractivity contribution in [3.8, 4) is 0 Å². The van der Waals surface area contributed by atoms with Gasteiger partial charge in [0.15, 0.2) is 0 Å². The van der Waals surface area contributed by atoms with Crippen molar-refractivity contribution in [1.29, 1.82) is 0 Å². The maximum Gasteiger partial charge on any atom is 0.500 e. The van der Waals surface area contributed by atoms with Gasteiger partial charge in [-0.1, -0.05) is 6.92 Å². The molecule has 0 aromatic heterocycles. The lowest BCUT2D eigenvalue weighted by atomic mass is 10.1. The Morgan fingerprint density at radius 1 is 1.05 bits per heavy atom. The fourth-order valence-electron chi connectivity index (χ4n) is 1.38. The zero-order valence-electron chi connectivity index (χ0n) is 12.4. The second-order valence-electron chi connectivity index (χ2n) is 4.13. The summed E-state index contributed by atoms with van der Waals surface area (Å²) in [6.07, 6.45) is 2.86. The van der Waals surface area contributed by atoms with Gasteiger partial charge in [0, 0.05) is 47.0 Å². The number of hydrogen-bond acceptors (Lipinski definition) is 6. The van der Waals surface area contributed by atoms with Crippen molar-refractivity contribution in [1.82, 2.24) is 0 Å². The predicted octanol–water partition coefficient (Wildman–Crippen LogP) is 0.841. The molecule has 0 amide bonds. The first kappa shape index (κ1) is 21.0. The van der Waals surface area contributed by atoms with Crippen LogP contribution in [0, 0.1) is 5.92 Å². The molecule has 0 fully saturated rings. The van der Waals surface area contributed by atoms with Crippen LogP contribution >= 0.6 is 0 Å². The first-order valence-electron chi connectivity index (χ1n) is 6.36. The molecule has 0 rings (SSSR count). The minimum Gasteiger partial charge on any atom is -0.396 e. The lowest BCUT2D eigenvalue weighted by Crippen LogP contribution is -2.42. The maximum atomic E-state index is 10.1. The van der Waals surface area contributed by atoms with Crippen molar-refractivity contribution in [2.75, 3.05) is 34.5 Å². The van der Waals surface area contributed by atoms with Gasteiger partial charge in [0.2, 0.25) is 0 Å². The van der Waals surface area contributed by atoms with Gasteiger partial charge < -0.3 is 28.3 Å². The summed E-state index contributed by atoms with van der Waals surface area (Å²) in [5.41, 5.74) is 0. The Morgan fingerprint density at radius 2 is 1.47 bits per heavy atom. The molecule has 0 aliphatic heterocycles. The second kappa shape index (κ2) is 14.1. The molecule has 0 aromatic carbocycles. The molecule has 7 heteroatoms. The zero-order chi connectivity index (χ0) is 15.1. The van der Waals surface area contributed by atoms with Gasteiger partial charge in [-0.05, 0) is 18.8 Å². The summed E-state index contributed by atoms with van der Waals surface area (Å²) in [6, 6.07) is 0.542. The van der Waals surface area contributed by atoms with Gasteiger partial charge in [0.05, 0.1) is 0 Å². The van der Waals surface area contributed by atoms with Crippen LogP contribution in [0.5, 0.6) is 0 Å². The normalized spacial score (nSPS) is 11.1. The van der Waals surface area contributed by atoms with Gasteiger partial charge in [-0.3, -0.25) is 0 Å². The Kier molecular flexibility index (Phi) is 15.6. The summed E-state index contributed by atoms with van der Waals surface area (Å²) in [4.78, 5) is 10.1. The van der Waals surface area contributed by atoms with E-state index in [1.165, 1.54) is 21.3 Å². The van der Waals surface area contributed by atoms with E-state index < -0.39 is 8.80 Å². The summed E-state index contributed by atoms with van der Waals surface area (Å²) < 4.78 is 15.2. The Hall–Kier alpha value is -0.313. The number of aliphatic hydroxyl groups is 2. The molecule has 6 nitrogen and oxygen atoms in total.